The van der Waals surface area contributed by atoms with Crippen molar-refractivity contribution in [3.05, 3.63) is 35.9 Å². The van der Waals surface area contributed by atoms with E-state index in [1.807, 2.05) is 18.2 Å². The second-order valence-corrected chi connectivity index (χ2v) is 6.53. The van der Waals surface area contributed by atoms with Crippen LogP contribution >= 0.6 is 0 Å². The third kappa shape index (κ3) is 3.42. The summed E-state index contributed by atoms with van der Waals surface area (Å²) in [7, 11) is 0. The van der Waals surface area contributed by atoms with Crippen molar-refractivity contribution < 1.29 is 19.5 Å². The highest BCUT2D eigenvalue weighted by molar-refractivity contribution is 5.94. The van der Waals surface area contributed by atoms with Crippen molar-refractivity contribution in [3.63, 3.8) is 0 Å². The van der Waals surface area contributed by atoms with Gasteiger partial charge in [0.05, 0.1) is 5.92 Å². The molecular formula is C18H22N2O4. The number of benzene rings is 1. The Morgan fingerprint density at radius 3 is 2.04 bits per heavy atom. The fourth-order valence-electron chi connectivity index (χ4n) is 3.58. The van der Waals surface area contributed by atoms with Crippen LogP contribution in [0.5, 0.6) is 0 Å². The van der Waals surface area contributed by atoms with E-state index in [4.69, 9.17) is 5.11 Å². The molecule has 2 aliphatic rings. The summed E-state index contributed by atoms with van der Waals surface area (Å²) in [6.45, 7) is 2.08. The third-order valence-electron chi connectivity index (χ3n) is 5.03. The summed E-state index contributed by atoms with van der Waals surface area (Å²) in [6, 6.07) is 9.15. The Kier molecular flexibility index (Phi) is 4.83. The third-order valence-corrected chi connectivity index (χ3v) is 5.03. The SMILES string of the molecule is O=C(O)[C@@H]1CC[C@H](C(=O)N2CCN(C(=O)c3ccccc3)CC2)C1. The average molecular weight is 330 g/mol. The van der Waals surface area contributed by atoms with Gasteiger partial charge in [-0.15, -0.1) is 0 Å². The van der Waals surface area contributed by atoms with Gasteiger partial charge in [-0.05, 0) is 31.4 Å². The van der Waals surface area contributed by atoms with Crippen LogP contribution in [0, 0.1) is 11.8 Å². The fraction of sp³-hybridized carbons (Fsp3) is 0.500. The molecule has 0 aromatic heterocycles. The average Bonchev–Trinajstić information content (AvgIpc) is 3.12. The lowest BCUT2D eigenvalue weighted by Gasteiger charge is -2.36. The molecule has 1 aliphatic heterocycles. The molecule has 3 rings (SSSR count). The van der Waals surface area contributed by atoms with E-state index in [2.05, 4.69) is 0 Å². The lowest BCUT2D eigenvalue weighted by atomic mass is 10.0. The van der Waals surface area contributed by atoms with E-state index in [9.17, 15) is 14.4 Å². The van der Waals surface area contributed by atoms with Gasteiger partial charge < -0.3 is 14.9 Å². The highest BCUT2D eigenvalue weighted by Crippen LogP contribution is 2.32. The standard InChI is InChI=1S/C18H22N2O4/c21-16(13-4-2-1-3-5-13)19-8-10-20(11-9-19)17(22)14-6-7-15(12-14)18(23)24/h1-5,14-15H,6-12H2,(H,23,24)/t14-,15+/m0/s1. The van der Waals surface area contributed by atoms with Crippen molar-refractivity contribution in [2.75, 3.05) is 26.2 Å². The van der Waals surface area contributed by atoms with Crippen molar-refractivity contribution in [3.8, 4) is 0 Å². The summed E-state index contributed by atoms with van der Waals surface area (Å²) in [5.74, 6) is -1.33. The molecule has 24 heavy (non-hydrogen) atoms. The van der Waals surface area contributed by atoms with Gasteiger partial charge in [0.25, 0.3) is 5.91 Å². The van der Waals surface area contributed by atoms with Crippen LogP contribution in [0.3, 0.4) is 0 Å². The van der Waals surface area contributed by atoms with Gasteiger partial charge in [0.2, 0.25) is 5.91 Å². The van der Waals surface area contributed by atoms with Crippen LogP contribution in [0.1, 0.15) is 29.6 Å². The van der Waals surface area contributed by atoms with Crippen LogP contribution < -0.4 is 0 Å². The first-order valence-corrected chi connectivity index (χ1v) is 8.42. The molecule has 2 atom stereocenters. The molecule has 0 unspecified atom stereocenters. The molecule has 6 nitrogen and oxygen atoms in total. The Balaban J connectivity index is 1.53. The van der Waals surface area contributed by atoms with Crippen molar-refractivity contribution in [2.45, 2.75) is 19.3 Å². The molecule has 0 spiro atoms. The molecule has 0 radical (unpaired) electrons. The molecule has 1 aromatic carbocycles. The van der Waals surface area contributed by atoms with Crippen molar-refractivity contribution >= 4 is 17.8 Å². The minimum Gasteiger partial charge on any atom is -0.481 e. The molecule has 2 fully saturated rings. The molecule has 1 heterocycles. The van der Waals surface area contributed by atoms with Crippen LogP contribution in [0.4, 0.5) is 0 Å². The summed E-state index contributed by atoms with van der Waals surface area (Å²) < 4.78 is 0. The number of rotatable bonds is 3. The van der Waals surface area contributed by atoms with Crippen LogP contribution in [-0.2, 0) is 9.59 Å². The van der Waals surface area contributed by atoms with Crippen molar-refractivity contribution in [1.82, 2.24) is 9.80 Å². The number of carboxylic acid groups (broad SMARTS) is 1. The Hall–Kier alpha value is -2.37. The largest absolute Gasteiger partial charge is 0.481 e. The first-order valence-electron chi connectivity index (χ1n) is 8.42. The second-order valence-electron chi connectivity index (χ2n) is 6.53. The van der Waals surface area contributed by atoms with Gasteiger partial charge >= 0.3 is 5.97 Å². The zero-order valence-electron chi connectivity index (χ0n) is 13.6. The lowest BCUT2D eigenvalue weighted by Crippen LogP contribution is -2.51. The number of hydrogen-bond acceptors (Lipinski definition) is 3. The quantitative estimate of drug-likeness (QED) is 0.910. The zero-order chi connectivity index (χ0) is 17.1. The molecule has 2 amide bonds. The molecule has 128 valence electrons. The Labute approximate surface area is 141 Å². The topological polar surface area (TPSA) is 77.9 Å². The number of hydrogen-bond donors (Lipinski definition) is 1. The number of carboxylic acids is 1. The highest BCUT2D eigenvalue weighted by atomic mass is 16.4. The first kappa shape index (κ1) is 16.5. The number of piperazine rings is 1. The monoisotopic (exact) mass is 330 g/mol. The maximum absolute atomic E-state index is 12.5. The molecule has 6 heteroatoms. The summed E-state index contributed by atoms with van der Waals surface area (Å²) >= 11 is 0. The second kappa shape index (κ2) is 7.03. The predicted octanol–water partition coefficient (Wildman–Crippen LogP) is 1.47. The fourth-order valence-corrected chi connectivity index (χ4v) is 3.58. The van der Waals surface area contributed by atoms with Gasteiger partial charge in [0.1, 0.15) is 0 Å². The van der Waals surface area contributed by atoms with E-state index < -0.39 is 5.97 Å². The Morgan fingerprint density at radius 1 is 0.875 bits per heavy atom. The van der Waals surface area contributed by atoms with Crippen LogP contribution in [0.25, 0.3) is 0 Å². The number of nitrogens with zero attached hydrogens (tertiary/aromatic N) is 2. The molecule has 1 N–H and O–H groups in total. The Morgan fingerprint density at radius 2 is 1.46 bits per heavy atom. The van der Waals surface area contributed by atoms with Gasteiger partial charge in [-0.1, -0.05) is 18.2 Å². The summed E-state index contributed by atoms with van der Waals surface area (Å²) in [4.78, 5) is 39.5. The van der Waals surface area contributed by atoms with Gasteiger partial charge in [-0.2, -0.15) is 0 Å². The number of aliphatic carboxylic acids is 1. The minimum absolute atomic E-state index is 0.00509. The van der Waals surface area contributed by atoms with E-state index in [-0.39, 0.29) is 23.7 Å². The van der Waals surface area contributed by atoms with E-state index >= 15 is 0 Å². The van der Waals surface area contributed by atoms with E-state index in [0.29, 0.717) is 51.0 Å². The summed E-state index contributed by atoms with van der Waals surface area (Å²) in [6.07, 6.45) is 1.68. The highest BCUT2D eigenvalue weighted by Gasteiger charge is 2.36. The van der Waals surface area contributed by atoms with Gasteiger partial charge in [0.15, 0.2) is 0 Å². The summed E-state index contributed by atoms with van der Waals surface area (Å²) in [5.41, 5.74) is 0.664. The normalized spacial score (nSPS) is 24.0. The van der Waals surface area contributed by atoms with Gasteiger partial charge in [0, 0.05) is 37.7 Å². The molecule has 0 bridgehead atoms. The number of amides is 2. The summed E-state index contributed by atoms with van der Waals surface area (Å²) in [5, 5.41) is 9.06. The Bertz CT molecular complexity index is 623. The maximum atomic E-state index is 12.5. The molecule has 1 aromatic rings. The lowest BCUT2D eigenvalue weighted by molar-refractivity contribution is -0.142. The first-order chi connectivity index (χ1) is 11.6. The van der Waals surface area contributed by atoms with Gasteiger partial charge in [-0.3, -0.25) is 14.4 Å². The van der Waals surface area contributed by atoms with Crippen LogP contribution in [0.15, 0.2) is 30.3 Å². The van der Waals surface area contributed by atoms with Crippen molar-refractivity contribution in [1.29, 1.82) is 0 Å². The van der Waals surface area contributed by atoms with Crippen LogP contribution in [-0.4, -0.2) is 58.9 Å². The zero-order valence-corrected chi connectivity index (χ0v) is 13.6. The van der Waals surface area contributed by atoms with Gasteiger partial charge in [-0.25, -0.2) is 0 Å². The van der Waals surface area contributed by atoms with E-state index in [1.54, 1.807) is 21.9 Å². The molecule has 1 saturated carbocycles. The maximum Gasteiger partial charge on any atom is 0.306 e. The predicted molar refractivity (Wildman–Crippen MR) is 87.4 cm³/mol. The molecule has 1 saturated heterocycles. The molecular weight excluding hydrogens is 308 g/mol. The number of carbonyl (C=O) groups excluding carboxylic acids is 2. The van der Waals surface area contributed by atoms with E-state index in [0.717, 1.165) is 0 Å². The van der Waals surface area contributed by atoms with Crippen molar-refractivity contribution in [2.24, 2.45) is 11.8 Å². The molecule has 1 aliphatic carbocycles. The van der Waals surface area contributed by atoms with Crippen LogP contribution in [0.2, 0.25) is 0 Å². The smallest absolute Gasteiger partial charge is 0.306 e. The minimum atomic E-state index is -0.802. The number of carbonyl (C=O) groups is 3. The van der Waals surface area contributed by atoms with E-state index in [1.165, 1.54) is 0 Å².